The Hall–Kier alpha value is -1.25. The Labute approximate surface area is 65.0 Å². The highest BCUT2D eigenvalue weighted by Crippen LogP contribution is 2.08. The third-order valence-corrected chi connectivity index (χ3v) is 1.41. The van der Waals surface area contributed by atoms with E-state index < -0.39 is 5.97 Å². The van der Waals surface area contributed by atoms with Crippen LogP contribution in [0.25, 0.3) is 0 Å². The van der Waals surface area contributed by atoms with E-state index in [0.29, 0.717) is 6.42 Å². The second-order valence-electron chi connectivity index (χ2n) is 2.32. The van der Waals surface area contributed by atoms with Crippen LogP contribution < -0.4 is 0 Å². The molecule has 0 fully saturated rings. The van der Waals surface area contributed by atoms with Gasteiger partial charge in [-0.2, -0.15) is 0 Å². The van der Waals surface area contributed by atoms with Crippen LogP contribution in [0.3, 0.4) is 0 Å². The van der Waals surface area contributed by atoms with Crippen LogP contribution >= 0.6 is 0 Å². The van der Waals surface area contributed by atoms with E-state index in [2.05, 4.69) is 0 Å². The van der Waals surface area contributed by atoms with E-state index in [1.54, 1.807) is 12.3 Å². The summed E-state index contributed by atoms with van der Waals surface area (Å²) in [6, 6.07) is 0. The van der Waals surface area contributed by atoms with Crippen molar-refractivity contribution in [3.8, 4) is 0 Å². The molecule has 1 atom stereocenters. The molecule has 1 aliphatic heterocycles. The Balaban J connectivity index is 2.22. The molecule has 0 aliphatic carbocycles. The zero-order valence-electron chi connectivity index (χ0n) is 6.06. The summed E-state index contributed by atoms with van der Waals surface area (Å²) in [5, 5.41) is 8.35. The van der Waals surface area contributed by atoms with Gasteiger partial charge in [0.25, 0.3) is 0 Å². The largest absolute Gasteiger partial charge is 0.494 e. The number of rotatable bonds is 3. The third kappa shape index (κ3) is 2.89. The fraction of sp³-hybridized carbons (Fsp3) is 0.375. The van der Waals surface area contributed by atoms with E-state index in [1.165, 1.54) is 0 Å². The molecule has 0 saturated heterocycles. The molecule has 60 valence electrons. The Bertz CT molecular complexity index is 194. The van der Waals surface area contributed by atoms with Gasteiger partial charge in [0.2, 0.25) is 0 Å². The van der Waals surface area contributed by atoms with Gasteiger partial charge in [0.05, 0.1) is 6.26 Å². The van der Waals surface area contributed by atoms with E-state index in [-0.39, 0.29) is 12.5 Å². The predicted molar refractivity (Wildman–Crippen MR) is 40.0 cm³/mol. The number of aliphatic carboxylic acids is 1. The molecule has 0 aromatic heterocycles. The maximum absolute atomic E-state index is 10.1. The number of carbonyl (C=O) groups is 1. The van der Waals surface area contributed by atoms with Crippen molar-refractivity contribution in [1.29, 1.82) is 0 Å². The number of hydrogen-bond donors (Lipinski definition) is 1. The first-order valence-electron chi connectivity index (χ1n) is 3.49. The molecule has 1 rings (SSSR count). The van der Waals surface area contributed by atoms with Gasteiger partial charge in [-0.3, -0.25) is 4.79 Å². The van der Waals surface area contributed by atoms with Gasteiger partial charge >= 0.3 is 5.97 Å². The van der Waals surface area contributed by atoms with Crippen molar-refractivity contribution in [2.75, 3.05) is 0 Å². The zero-order valence-corrected chi connectivity index (χ0v) is 6.06. The van der Waals surface area contributed by atoms with Crippen LogP contribution in [0.15, 0.2) is 24.5 Å². The van der Waals surface area contributed by atoms with Gasteiger partial charge < -0.3 is 9.84 Å². The van der Waals surface area contributed by atoms with E-state index in [4.69, 9.17) is 9.84 Å². The SMILES string of the molecule is O=C(O)CCC1C=CC=CO1. The standard InChI is InChI=1S/C8H10O3/c9-8(10)5-4-7-3-1-2-6-11-7/h1-3,6-7H,4-5H2,(H,9,10). The lowest BCUT2D eigenvalue weighted by Gasteiger charge is -2.12. The minimum atomic E-state index is -0.781. The van der Waals surface area contributed by atoms with Crippen molar-refractivity contribution in [2.24, 2.45) is 0 Å². The summed E-state index contributed by atoms with van der Waals surface area (Å²) < 4.78 is 5.10. The summed E-state index contributed by atoms with van der Waals surface area (Å²) in [6.45, 7) is 0. The van der Waals surface area contributed by atoms with Crippen LogP contribution in [-0.2, 0) is 9.53 Å². The van der Waals surface area contributed by atoms with Gasteiger partial charge in [0, 0.05) is 6.42 Å². The van der Waals surface area contributed by atoms with Crippen molar-refractivity contribution in [1.82, 2.24) is 0 Å². The molecule has 11 heavy (non-hydrogen) atoms. The highest BCUT2D eigenvalue weighted by atomic mass is 16.5. The summed E-state index contributed by atoms with van der Waals surface area (Å²) >= 11 is 0. The van der Waals surface area contributed by atoms with Gasteiger partial charge in [-0.15, -0.1) is 0 Å². The fourth-order valence-corrected chi connectivity index (χ4v) is 0.855. The smallest absolute Gasteiger partial charge is 0.303 e. The Kier molecular flexibility index (Phi) is 2.72. The van der Waals surface area contributed by atoms with Gasteiger partial charge in [-0.05, 0) is 18.6 Å². The molecule has 3 nitrogen and oxygen atoms in total. The second kappa shape index (κ2) is 3.81. The summed E-state index contributed by atoms with van der Waals surface area (Å²) in [5.41, 5.74) is 0. The summed E-state index contributed by atoms with van der Waals surface area (Å²) in [5.74, 6) is -0.781. The highest BCUT2D eigenvalue weighted by molar-refractivity contribution is 5.66. The number of carboxylic acid groups (broad SMARTS) is 1. The van der Waals surface area contributed by atoms with Crippen molar-refractivity contribution in [3.05, 3.63) is 24.5 Å². The Morgan fingerprint density at radius 1 is 1.55 bits per heavy atom. The van der Waals surface area contributed by atoms with Crippen molar-refractivity contribution >= 4 is 5.97 Å². The second-order valence-corrected chi connectivity index (χ2v) is 2.32. The molecule has 0 radical (unpaired) electrons. The molecule has 1 aliphatic rings. The van der Waals surface area contributed by atoms with E-state index in [9.17, 15) is 4.79 Å². The molecule has 0 aromatic carbocycles. The monoisotopic (exact) mass is 154 g/mol. The molecule has 1 N–H and O–H groups in total. The first kappa shape index (κ1) is 7.85. The van der Waals surface area contributed by atoms with Crippen LogP contribution in [0.5, 0.6) is 0 Å². The van der Waals surface area contributed by atoms with E-state index in [0.717, 1.165) is 0 Å². The van der Waals surface area contributed by atoms with Crippen LogP contribution in [0, 0.1) is 0 Å². The van der Waals surface area contributed by atoms with Gasteiger partial charge in [-0.1, -0.05) is 6.08 Å². The van der Waals surface area contributed by atoms with Gasteiger partial charge in [-0.25, -0.2) is 0 Å². The summed E-state index contributed by atoms with van der Waals surface area (Å²) in [7, 11) is 0. The molecule has 0 bridgehead atoms. The molecular formula is C8H10O3. The van der Waals surface area contributed by atoms with Crippen LogP contribution in [0.4, 0.5) is 0 Å². The first-order valence-corrected chi connectivity index (χ1v) is 3.49. The molecule has 1 heterocycles. The topological polar surface area (TPSA) is 46.5 Å². The molecule has 1 unspecified atom stereocenters. The molecule has 0 aromatic rings. The summed E-state index contributed by atoms with van der Waals surface area (Å²) in [4.78, 5) is 10.1. The average molecular weight is 154 g/mol. The lowest BCUT2D eigenvalue weighted by atomic mass is 10.1. The van der Waals surface area contributed by atoms with Crippen LogP contribution in [0.2, 0.25) is 0 Å². The van der Waals surface area contributed by atoms with Crippen molar-refractivity contribution in [2.45, 2.75) is 18.9 Å². The molecular weight excluding hydrogens is 144 g/mol. The minimum Gasteiger partial charge on any atom is -0.494 e. The first-order chi connectivity index (χ1) is 5.29. The minimum absolute atomic E-state index is 0.0592. The van der Waals surface area contributed by atoms with Crippen molar-refractivity contribution in [3.63, 3.8) is 0 Å². The van der Waals surface area contributed by atoms with Crippen LogP contribution in [0.1, 0.15) is 12.8 Å². The number of hydrogen-bond acceptors (Lipinski definition) is 2. The third-order valence-electron chi connectivity index (χ3n) is 1.41. The Morgan fingerprint density at radius 2 is 2.36 bits per heavy atom. The van der Waals surface area contributed by atoms with E-state index >= 15 is 0 Å². The fourth-order valence-electron chi connectivity index (χ4n) is 0.855. The lowest BCUT2D eigenvalue weighted by Crippen LogP contribution is -2.10. The molecule has 0 saturated carbocycles. The molecule has 0 amide bonds. The quantitative estimate of drug-likeness (QED) is 0.666. The number of allylic oxidation sites excluding steroid dienone is 2. The summed E-state index contributed by atoms with van der Waals surface area (Å²) in [6.07, 6.45) is 7.69. The molecule has 3 heteroatoms. The number of carboxylic acids is 1. The predicted octanol–water partition coefficient (Wildman–Crippen LogP) is 1.32. The normalized spacial score (nSPS) is 21.3. The number of ether oxygens (including phenoxy) is 1. The van der Waals surface area contributed by atoms with Crippen molar-refractivity contribution < 1.29 is 14.6 Å². The van der Waals surface area contributed by atoms with Gasteiger partial charge in [0.15, 0.2) is 0 Å². The Morgan fingerprint density at radius 3 is 2.91 bits per heavy atom. The lowest BCUT2D eigenvalue weighted by molar-refractivity contribution is -0.137. The van der Waals surface area contributed by atoms with Gasteiger partial charge in [0.1, 0.15) is 6.10 Å². The van der Waals surface area contributed by atoms with Crippen LogP contribution in [-0.4, -0.2) is 17.2 Å². The molecule has 0 spiro atoms. The average Bonchev–Trinajstić information content (AvgIpc) is 2.03. The van der Waals surface area contributed by atoms with E-state index in [1.807, 2.05) is 12.2 Å². The maximum Gasteiger partial charge on any atom is 0.303 e. The highest BCUT2D eigenvalue weighted by Gasteiger charge is 2.07. The maximum atomic E-state index is 10.1. The zero-order chi connectivity index (χ0) is 8.10.